The normalized spacial score (nSPS) is 14.6. The number of nitrogens with one attached hydrogen (secondary N) is 1. The first-order valence-electron chi connectivity index (χ1n) is 10.7. The fourth-order valence-electron chi connectivity index (χ4n) is 3.74. The molecule has 0 radical (unpaired) electrons. The van der Waals surface area contributed by atoms with Gasteiger partial charge in [0.2, 0.25) is 0 Å². The van der Waals surface area contributed by atoms with Crippen LogP contribution in [0.5, 0.6) is 11.5 Å². The van der Waals surface area contributed by atoms with Gasteiger partial charge in [0, 0.05) is 18.7 Å². The third-order valence-electron chi connectivity index (χ3n) is 5.03. The SMILES string of the molecule is CCOc1cc2cc(C(=O)OC)c(C(=O)OC)c(C3=CC(OC(C)=O)NC=C3)c2cc1OCC. The maximum atomic E-state index is 13.0. The van der Waals surface area contributed by atoms with Gasteiger partial charge >= 0.3 is 17.9 Å². The van der Waals surface area contributed by atoms with Crippen LogP contribution in [-0.2, 0) is 19.0 Å². The molecular weight excluding hydrogens is 442 g/mol. The molecule has 1 aliphatic rings. The van der Waals surface area contributed by atoms with Gasteiger partial charge in [-0.1, -0.05) is 0 Å². The molecule has 0 aromatic heterocycles. The Morgan fingerprint density at radius 3 is 2.18 bits per heavy atom. The van der Waals surface area contributed by atoms with Crippen molar-refractivity contribution in [1.82, 2.24) is 5.32 Å². The van der Waals surface area contributed by atoms with E-state index >= 15 is 0 Å². The predicted octanol–water partition coefficient (Wildman–Crippen LogP) is 3.60. The van der Waals surface area contributed by atoms with Crippen molar-refractivity contribution in [1.29, 1.82) is 0 Å². The minimum atomic E-state index is -0.770. The highest BCUT2D eigenvalue weighted by Crippen LogP contribution is 2.40. The molecule has 0 saturated heterocycles. The van der Waals surface area contributed by atoms with Gasteiger partial charge in [-0.15, -0.1) is 0 Å². The monoisotopic (exact) mass is 469 g/mol. The van der Waals surface area contributed by atoms with Gasteiger partial charge in [0.05, 0.1) is 38.6 Å². The highest BCUT2D eigenvalue weighted by Gasteiger charge is 2.28. The average Bonchev–Trinajstić information content (AvgIpc) is 2.82. The van der Waals surface area contributed by atoms with Crippen LogP contribution in [0, 0.1) is 0 Å². The number of benzene rings is 2. The van der Waals surface area contributed by atoms with Crippen LogP contribution in [0.2, 0.25) is 0 Å². The average molecular weight is 469 g/mol. The smallest absolute Gasteiger partial charge is 0.339 e. The first-order valence-corrected chi connectivity index (χ1v) is 10.7. The lowest BCUT2D eigenvalue weighted by Gasteiger charge is -2.22. The zero-order valence-corrected chi connectivity index (χ0v) is 19.7. The van der Waals surface area contributed by atoms with Crippen LogP contribution in [0.15, 0.2) is 36.6 Å². The van der Waals surface area contributed by atoms with Gasteiger partial charge in [-0.3, -0.25) is 4.79 Å². The van der Waals surface area contributed by atoms with Gasteiger partial charge in [-0.25, -0.2) is 9.59 Å². The Morgan fingerprint density at radius 1 is 0.941 bits per heavy atom. The molecule has 9 nitrogen and oxygen atoms in total. The number of hydrogen-bond acceptors (Lipinski definition) is 9. The van der Waals surface area contributed by atoms with E-state index in [1.165, 1.54) is 21.1 Å². The van der Waals surface area contributed by atoms with Gasteiger partial charge in [0.25, 0.3) is 0 Å². The number of allylic oxidation sites excluding steroid dienone is 2. The number of carbonyl (C=O) groups is 3. The van der Waals surface area contributed by atoms with Crippen LogP contribution in [0.1, 0.15) is 47.1 Å². The number of dihydropyridines is 1. The van der Waals surface area contributed by atoms with Crippen LogP contribution in [0.3, 0.4) is 0 Å². The molecule has 2 aromatic carbocycles. The second-order valence-electron chi connectivity index (χ2n) is 7.20. The summed E-state index contributed by atoms with van der Waals surface area (Å²) in [5, 5.41) is 4.14. The molecule has 0 spiro atoms. The molecule has 180 valence electrons. The summed E-state index contributed by atoms with van der Waals surface area (Å²) in [5.41, 5.74) is 0.990. The third-order valence-corrected chi connectivity index (χ3v) is 5.03. The van der Waals surface area contributed by atoms with Gasteiger partial charge in [0.15, 0.2) is 17.7 Å². The van der Waals surface area contributed by atoms with E-state index < -0.39 is 24.1 Å². The number of ether oxygens (including phenoxy) is 5. The number of fused-ring (bicyclic) bond motifs is 1. The van der Waals surface area contributed by atoms with Crippen molar-refractivity contribution < 1.29 is 38.1 Å². The molecule has 1 N–H and O–H groups in total. The van der Waals surface area contributed by atoms with Crippen LogP contribution in [-0.4, -0.2) is 51.6 Å². The number of rotatable bonds is 8. The standard InChI is InChI=1S/C25H27NO8/c1-6-32-19-11-16-10-18(24(28)30-4)23(25(29)31-5)22(17(16)13-20(19)33-7-2)15-8-9-26-21(12-15)34-14(3)27/h8-13,21,26H,6-7H2,1-5H3. The summed E-state index contributed by atoms with van der Waals surface area (Å²) >= 11 is 0. The Hall–Kier alpha value is -4.01. The Kier molecular flexibility index (Phi) is 7.78. The van der Waals surface area contributed by atoms with E-state index in [0.29, 0.717) is 46.6 Å². The summed E-state index contributed by atoms with van der Waals surface area (Å²) < 4.78 is 26.8. The topological polar surface area (TPSA) is 109 Å². The van der Waals surface area contributed by atoms with Crippen molar-refractivity contribution in [2.75, 3.05) is 27.4 Å². The maximum Gasteiger partial charge on any atom is 0.339 e. The fraction of sp³-hybridized carbons (Fsp3) is 0.320. The molecule has 0 amide bonds. The van der Waals surface area contributed by atoms with E-state index in [0.717, 1.165) is 0 Å². The second-order valence-corrected chi connectivity index (χ2v) is 7.20. The van der Waals surface area contributed by atoms with E-state index in [2.05, 4.69) is 5.32 Å². The minimum absolute atomic E-state index is 0.0211. The molecule has 0 aliphatic carbocycles. The molecule has 0 fully saturated rings. The van der Waals surface area contributed by atoms with Crippen LogP contribution >= 0.6 is 0 Å². The molecular formula is C25H27NO8. The zero-order valence-electron chi connectivity index (χ0n) is 19.7. The lowest BCUT2D eigenvalue weighted by molar-refractivity contribution is -0.144. The summed E-state index contributed by atoms with van der Waals surface area (Å²) in [4.78, 5) is 37.2. The maximum absolute atomic E-state index is 13.0. The summed E-state index contributed by atoms with van der Waals surface area (Å²) in [6.07, 6.45) is 4.17. The van der Waals surface area contributed by atoms with E-state index in [1.807, 2.05) is 13.8 Å². The Balaban J connectivity index is 2.43. The molecule has 34 heavy (non-hydrogen) atoms. The second kappa shape index (κ2) is 10.7. The van der Waals surface area contributed by atoms with E-state index in [9.17, 15) is 14.4 Å². The molecule has 0 bridgehead atoms. The number of carbonyl (C=O) groups excluding carboxylic acids is 3. The summed E-state index contributed by atoms with van der Waals surface area (Å²) in [6.45, 7) is 5.80. The Labute approximate surface area is 197 Å². The van der Waals surface area contributed by atoms with Gasteiger partial charge in [0.1, 0.15) is 0 Å². The van der Waals surface area contributed by atoms with Crippen molar-refractivity contribution in [2.45, 2.75) is 27.0 Å². The van der Waals surface area contributed by atoms with Crippen molar-refractivity contribution >= 4 is 34.3 Å². The largest absolute Gasteiger partial charge is 0.490 e. The molecule has 3 rings (SSSR count). The van der Waals surface area contributed by atoms with Crippen LogP contribution < -0.4 is 14.8 Å². The Morgan fingerprint density at radius 2 is 1.59 bits per heavy atom. The predicted molar refractivity (Wildman–Crippen MR) is 125 cm³/mol. The molecule has 1 aliphatic heterocycles. The van der Waals surface area contributed by atoms with E-state index in [4.69, 9.17) is 23.7 Å². The third kappa shape index (κ3) is 4.98. The highest BCUT2D eigenvalue weighted by molar-refractivity contribution is 6.14. The lowest BCUT2D eigenvalue weighted by atomic mass is 9.88. The van der Waals surface area contributed by atoms with Gasteiger partial charge in [-0.05, 0) is 60.5 Å². The zero-order chi connectivity index (χ0) is 24.8. The van der Waals surface area contributed by atoms with Gasteiger partial charge in [-0.2, -0.15) is 0 Å². The molecule has 1 atom stereocenters. The number of methoxy groups -OCH3 is 2. The quantitative estimate of drug-likeness (QED) is 0.458. The molecule has 1 unspecified atom stereocenters. The van der Waals surface area contributed by atoms with Crippen LogP contribution in [0.4, 0.5) is 0 Å². The van der Waals surface area contributed by atoms with E-state index in [-0.39, 0.29) is 11.1 Å². The highest BCUT2D eigenvalue weighted by atomic mass is 16.6. The number of esters is 3. The van der Waals surface area contributed by atoms with Gasteiger partial charge < -0.3 is 29.0 Å². The number of hydrogen-bond donors (Lipinski definition) is 1. The van der Waals surface area contributed by atoms with Crippen LogP contribution in [0.25, 0.3) is 16.3 Å². The molecule has 9 heteroatoms. The summed E-state index contributed by atoms with van der Waals surface area (Å²) in [6, 6.07) is 5.06. The molecule has 1 heterocycles. The van der Waals surface area contributed by atoms with Crippen molar-refractivity contribution in [2.24, 2.45) is 0 Å². The van der Waals surface area contributed by atoms with Crippen molar-refractivity contribution in [3.05, 3.63) is 53.2 Å². The lowest BCUT2D eigenvalue weighted by Crippen LogP contribution is -2.29. The fourth-order valence-corrected chi connectivity index (χ4v) is 3.74. The molecule has 0 saturated carbocycles. The first-order chi connectivity index (χ1) is 16.3. The molecule has 2 aromatic rings. The summed E-state index contributed by atoms with van der Waals surface area (Å²) in [7, 11) is 2.47. The van der Waals surface area contributed by atoms with E-state index in [1.54, 1.807) is 36.6 Å². The minimum Gasteiger partial charge on any atom is -0.490 e. The van der Waals surface area contributed by atoms with Crippen molar-refractivity contribution in [3.8, 4) is 11.5 Å². The Bertz CT molecular complexity index is 1180. The van der Waals surface area contributed by atoms with Crippen molar-refractivity contribution in [3.63, 3.8) is 0 Å². The first kappa shape index (κ1) is 24.6. The summed E-state index contributed by atoms with van der Waals surface area (Å²) in [5.74, 6) is -0.928.